The fourth-order valence-electron chi connectivity index (χ4n) is 3.06. The number of thiophene rings is 1. The molecule has 2 heterocycles. The van der Waals surface area contributed by atoms with E-state index in [2.05, 4.69) is 0 Å². The fraction of sp³-hybridized carbons (Fsp3) is 0.167. The van der Waals surface area contributed by atoms with Crippen LogP contribution in [0.15, 0.2) is 35.7 Å². The van der Waals surface area contributed by atoms with Crippen molar-refractivity contribution in [3.05, 3.63) is 46.8 Å². The molecule has 2 aromatic carbocycles. The number of hydrogen-bond donors (Lipinski definition) is 0. The van der Waals surface area contributed by atoms with Gasteiger partial charge in [-0.2, -0.15) is 0 Å². The molecule has 0 atom stereocenters. The quantitative estimate of drug-likeness (QED) is 0.675. The second-order valence-corrected chi connectivity index (χ2v) is 6.15. The standard InChI is InChI=1S/C18H14O4S/c1-20-11-5-3-10(4-6-11)14-15-13(9-22-18(15)19)16(21-2)12-7-8-23-17(12)14/h3-8H,9H2,1-2H3. The van der Waals surface area contributed by atoms with E-state index in [0.717, 1.165) is 38.3 Å². The summed E-state index contributed by atoms with van der Waals surface area (Å²) in [6.45, 7) is 0.256. The van der Waals surface area contributed by atoms with E-state index in [-0.39, 0.29) is 12.6 Å². The van der Waals surface area contributed by atoms with E-state index < -0.39 is 0 Å². The number of esters is 1. The van der Waals surface area contributed by atoms with Gasteiger partial charge in [0.1, 0.15) is 18.1 Å². The van der Waals surface area contributed by atoms with E-state index in [1.807, 2.05) is 35.7 Å². The Hall–Kier alpha value is -2.53. The van der Waals surface area contributed by atoms with Gasteiger partial charge in [0.15, 0.2) is 0 Å². The molecule has 0 fully saturated rings. The lowest BCUT2D eigenvalue weighted by Crippen LogP contribution is -2.00. The molecular formula is C18H14O4S. The van der Waals surface area contributed by atoms with Crippen molar-refractivity contribution < 1.29 is 19.0 Å². The first-order valence-corrected chi connectivity index (χ1v) is 8.04. The lowest BCUT2D eigenvalue weighted by Gasteiger charge is -2.13. The molecule has 23 heavy (non-hydrogen) atoms. The molecule has 0 amide bonds. The molecule has 0 spiro atoms. The minimum absolute atomic E-state index is 0.256. The van der Waals surface area contributed by atoms with Gasteiger partial charge >= 0.3 is 5.97 Å². The van der Waals surface area contributed by atoms with Gasteiger partial charge in [0.25, 0.3) is 0 Å². The zero-order chi connectivity index (χ0) is 16.0. The number of methoxy groups -OCH3 is 2. The Labute approximate surface area is 137 Å². The predicted molar refractivity (Wildman–Crippen MR) is 89.5 cm³/mol. The molecule has 0 unspecified atom stereocenters. The van der Waals surface area contributed by atoms with Gasteiger partial charge in [-0.3, -0.25) is 0 Å². The molecule has 0 saturated heterocycles. The SMILES string of the molecule is COc1ccc(-c2c3c(c(OC)c4ccsc24)COC3=O)cc1. The molecule has 1 aromatic heterocycles. The molecule has 0 radical (unpaired) electrons. The molecular weight excluding hydrogens is 312 g/mol. The molecule has 4 rings (SSSR count). The first-order valence-electron chi connectivity index (χ1n) is 7.16. The van der Waals surface area contributed by atoms with Crippen molar-refractivity contribution in [3.8, 4) is 22.6 Å². The molecule has 1 aliphatic rings. The summed E-state index contributed by atoms with van der Waals surface area (Å²) in [6, 6.07) is 9.74. The third kappa shape index (κ3) is 2.00. The molecule has 5 heteroatoms. The minimum Gasteiger partial charge on any atom is -0.497 e. The highest BCUT2D eigenvalue weighted by molar-refractivity contribution is 7.17. The van der Waals surface area contributed by atoms with E-state index in [1.54, 1.807) is 25.6 Å². The van der Waals surface area contributed by atoms with Crippen LogP contribution in [0.5, 0.6) is 11.5 Å². The molecule has 0 bridgehead atoms. The van der Waals surface area contributed by atoms with E-state index in [1.165, 1.54) is 0 Å². The van der Waals surface area contributed by atoms with Crippen LogP contribution in [0.3, 0.4) is 0 Å². The predicted octanol–water partition coefficient (Wildman–Crippen LogP) is 4.26. The molecule has 116 valence electrons. The van der Waals surface area contributed by atoms with E-state index in [9.17, 15) is 4.79 Å². The Bertz CT molecular complexity index is 909. The van der Waals surface area contributed by atoms with Crippen LogP contribution in [0, 0.1) is 0 Å². The van der Waals surface area contributed by atoms with Crippen LogP contribution >= 0.6 is 11.3 Å². The van der Waals surface area contributed by atoms with Gasteiger partial charge in [-0.25, -0.2) is 4.79 Å². The Morgan fingerprint density at radius 3 is 2.52 bits per heavy atom. The van der Waals surface area contributed by atoms with Crippen molar-refractivity contribution in [2.45, 2.75) is 6.61 Å². The van der Waals surface area contributed by atoms with Crippen LogP contribution in [0.1, 0.15) is 15.9 Å². The average molecular weight is 326 g/mol. The van der Waals surface area contributed by atoms with Gasteiger partial charge in [-0.05, 0) is 29.1 Å². The van der Waals surface area contributed by atoms with Crippen LogP contribution in [0.25, 0.3) is 21.2 Å². The Morgan fingerprint density at radius 2 is 1.83 bits per heavy atom. The lowest BCUT2D eigenvalue weighted by atomic mass is 9.94. The maximum Gasteiger partial charge on any atom is 0.339 e. The topological polar surface area (TPSA) is 44.8 Å². The van der Waals surface area contributed by atoms with Crippen LogP contribution in [0.2, 0.25) is 0 Å². The summed E-state index contributed by atoms with van der Waals surface area (Å²) in [5.41, 5.74) is 3.32. The van der Waals surface area contributed by atoms with Crippen LogP contribution < -0.4 is 9.47 Å². The van der Waals surface area contributed by atoms with Crippen molar-refractivity contribution >= 4 is 27.4 Å². The maximum atomic E-state index is 12.3. The summed E-state index contributed by atoms with van der Waals surface area (Å²) < 4.78 is 17.1. The van der Waals surface area contributed by atoms with Crippen LogP contribution in [-0.2, 0) is 11.3 Å². The van der Waals surface area contributed by atoms with Crippen LogP contribution in [-0.4, -0.2) is 20.2 Å². The number of ether oxygens (including phenoxy) is 3. The normalized spacial score (nSPS) is 13.0. The van der Waals surface area contributed by atoms with Crippen molar-refractivity contribution in [1.29, 1.82) is 0 Å². The largest absolute Gasteiger partial charge is 0.497 e. The Morgan fingerprint density at radius 1 is 1.04 bits per heavy atom. The Kier molecular flexibility index (Phi) is 3.23. The highest BCUT2D eigenvalue weighted by Gasteiger charge is 2.32. The molecule has 0 aliphatic carbocycles. The highest BCUT2D eigenvalue weighted by Crippen LogP contribution is 2.46. The molecule has 1 aliphatic heterocycles. The van der Waals surface area contributed by atoms with Crippen molar-refractivity contribution in [2.75, 3.05) is 14.2 Å². The summed E-state index contributed by atoms with van der Waals surface area (Å²) in [5.74, 6) is 1.22. The number of hydrogen-bond acceptors (Lipinski definition) is 5. The van der Waals surface area contributed by atoms with Crippen molar-refractivity contribution in [2.24, 2.45) is 0 Å². The molecule has 4 nitrogen and oxygen atoms in total. The first kappa shape index (κ1) is 14.1. The van der Waals surface area contributed by atoms with Crippen molar-refractivity contribution in [3.63, 3.8) is 0 Å². The number of benzene rings is 2. The van der Waals surface area contributed by atoms with Crippen molar-refractivity contribution in [1.82, 2.24) is 0 Å². The lowest BCUT2D eigenvalue weighted by molar-refractivity contribution is 0.0535. The number of rotatable bonds is 3. The van der Waals surface area contributed by atoms with Gasteiger partial charge < -0.3 is 14.2 Å². The van der Waals surface area contributed by atoms with Gasteiger partial charge in [0.05, 0.1) is 19.8 Å². The molecule has 3 aromatic rings. The average Bonchev–Trinajstić information content (AvgIpc) is 3.20. The fourth-order valence-corrected chi connectivity index (χ4v) is 4.03. The third-order valence-electron chi connectivity index (χ3n) is 4.10. The summed E-state index contributed by atoms with van der Waals surface area (Å²) in [6.07, 6.45) is 0. The zero-order valence-electron chi connectivity index (χ0n) is 12.7. The highest BCUT2D eigenvalue weighted by atomic mass is 32.1. The third-order valence-corrected chi connectivity index (χ3v) is 5.03. The smallest absolute Gasteiger partial charge is 0.339 e. The number of carbonyl (C=O) groups is 1. The van der Waals surface area contributed by atoms with E-state index in [4.69, 9.17) is 14.2 Å². The Balaban J connectivity index is 2.07. The summed E-state index contributed by atoms with van der Waals surface area (Å²) >= 11 is 1.60. The van der Waals surface area contributed by atoms with Crippen LogP contribution in [0.4, 0.5) is 0 Å². The second kappa shape index (κ2) is 5.28. The molecule has 0 saturated carbocycles. The summed E-state index contributed by atoms with van der Waals surface area (Å²) in [4.78, 5) is 12.3. The first-order chi connectivity index (χ1) is 11.2. The second-order valence-electron chi connectivity index (χ2n) is 5.23. The van der Waals surface area contributed by atoms with E-state index >= 15 is 0 Å². The summed E-state index contributed by atoms with van der Waals surface area (Å²) in [5, 5.41) is 3.03. The van der Waals surface area contributed by atoms with Gasteiger partial charge in [0, 0.05) is 21.2 Å². The number of carbonyl (C=O) groups excluding carboxylic acids is 1. The van der Waals surface area contributed by atoms with E-state index in [0.29, 0.717) is 5.56 Å². The number of fused-ring (bicyclic) bond motifs is 2. The number of cyclic esters (lactones) is 1. The van der Waals surface area contributed by atoms with Gasteiger partial charge in [-0.15, -0.1) is 11.3 Å². The monoisotopic (exact) mass is 326 g/mol. The van der Waals surface area contributed by atoms with Gasteiger partial charge in [0.2, 0.25) is 0 Å². The maximum absolute atomic E-state index is 12.3. The zero-order valence-corrected chi connectivity index (χ0v) is 13.5. The van der Waals surface area contributed by atoms with Gasteiger partial charge in [-0.1, -0.05) is 12.1 Å². The summed E-state index contributed by atoms with van der Waals surface area (Å²) in [7, 11) is 3.26. The minimum atomic E-state index is -0.292. The molecule has 0 N–H and O–H groups in total.